The quantitative estimate of drug-likeness (QED) is 0.667. The van der Waals surface area contributed by atoms with E-state index in [0.717, 1.165) is 0 Å². The molecule has 0 atom stereocenters. The van der Waals surface area contributed by atoms with Gasteiger partial charge in [0.15, 0.2) is 0 Å². The fourth-order valence-electron chi connectivity index (χ4n) is 2.56. The number of aromatic nitrogens is 1. The Kier molecular flexibility index (Phi) is 4.90. The van der Waals surface area contributed by atoms with Crippen LogP contribution in [-0.2, 0) is 21.4 Å². The summed E-state index contributed by atoms with van der Waals surface area (Å²) in [4.78, 5) is 11.4. The lowest BCUT2D eigenvalue weighted by Crippen LogP contribution is -2.23. The Morgan fingerprint density at radius 1 is 1.20 bits per heavy atom. The van der Waals surface area contributed by atoms with Crippen LogP contribution in [0.2, 0.25) is 5.02 Å². The van der Waals surface area contributed by atoms with Crippen LogP contribution in [0.1, 0.15) is 12.6 Å². The average Bonchev–Trinajstić information content (AvgIpc) is 2.92. The molecule has 8 heteroatoms. The van der Waals surface area contributed by atoms with Crippen molar-refractivity contribution >= 4 is 54.4 Å². The molecule has 0 fully saturated rings. The van der Waals surface area contributed by atoms with Crippen molar-refractivity contribution in [3.05, 3.63) is 63.7 Å². The first kappa shape index (κ1) is 18.0. The predicted molar refractivity (Wildman–Crippen MR) is 101 cm³/mol. The van der Waals surface area contributed by atoms with Crippen LogP contribution in [0.5, 0.6) is 0 Å². The van der Waals surface area contributed by atoms with E-state index in [9.17, 15) is 13.2 Å². The molecular weight excluding hydrogens is 428 g/mol. The van der Waals surface area contributed by atoms with Crippen molar-refractivity contribution in [1.29, 1.82) is 0 Å². The summed E-state index contributed by atoms with van der Waals surface area (Å²) in [5, 5.41) is 3.80. The molecule has 2 aromatic carbocycles. The highest BCUT2D eigenvalue weighted by atomic mass is 79.9. The minimum atomic E-state index is -3.83. The Labute approximate surface area is 158 Å². The SMILES string of the molecule is CC(=O)NCc1cc2cc(Cl)c(Br)cc2n1S(=O)(=O)c1ccccc1. The molecule has 1 N–H and O–H groups in total. The third kappa shape index (κ3) is 3.44. The highest BCUT2D eigenvalue weighted by molar-refractivity contribution is 9.10. The maximum atomic E-state index is 13.2. The number of carbonyl (C=O) groups is 1. The van der Waals surface area contributed by atoms with E-state index in [0.29, 0.717) is 26.1 Å². The topological polar surface area (TPSA) is 68.2 Å². The fourth-order valence-corrected chi connectivity index (χ4v) is 4.61. The summed E-state index contributed by atoms with van der Waals surface area (Å²) in [5.74, 6) is -0.242. The Hall–Kier alpha value is -1.83. The van der Waals surface area contributed by atoms with Crippen molar-refractivity contribution in [1.82, 2.24) is 9.29 Å². The number of fused-ring (bicyclic) bond motifs is 1. The number of carbonyl (C=O) groups excluding carboxylic acids is 1. The first-order valence-corrected chi connectivity index (χ1v) is 9.96. The average molecular weight is 442 g/mol. The zero-order chi connectivity index (χ0) is 18.2. The van der Waals surface area contributed by atoms with Gasteiger partial charge < -0.3 is 5.32 Å². The van der Waals surface area contributed by atoms with Crippen LogP contribution in [0.4, 0.5) is 0 Å². The van der Waals surface area contributed by atoms with E-state index in [4.69, 9.17) is 11.6 Å². The van der Waals surface area contributed by atoms with Gasteiger partial charge in [0.05, 0.1) is 27.7 Å². The number of benzene rings is 2. The van der Waals surface area contributed by atoms with Gasteiger partial charge in [-0.25, -0.2) is 12.4 Å². The fraction of sp³-hybridized carbons (Fsp3) is 0.118. The molecule has 0 aliphatic heterocycles. The molecule has 0 saturated heterocycles. The van der Waals surface area contributed by atoms with Crippen molar-refractivity contribution < 1.29 is 13.2 Å². The molecule has 0 aliphatic carbocycles. The number of nitrogens with one attached hydrogen (secondary N) is 1. The van der Waals surface area contributed by atoms with E-state index in [-0.39, 0.29) is 17.3 Å². The van der Waals surface area contributed by atoms with Gasteiger partial charge in [-0.1, -0.05) is 29.8 Å². The number of hydrogen-bond acceptors (Lipinski definition) is 3. The van der Waals surface area contributed by atoms with Gasteiger partial charge in [0, 0.05) is 16.8 Å². The van der Waals surface area contributed by atoms with Crippen LogP contribution in [0.15, 0.2) is 57.9 Å². The summed E-state index contributed by atoms with van der Waals surface area (Å²) in [6.45, 7) is 1.47. The normalized spacial score (nSPS) is 11.6. The van der Waals surface area contributed by atoms with Gasteiger partial charge in [-0.05, 0) is 46.3 Å². The molecule has 1 heterocycles. The van der Waals surface area contributed by atoms with Gasteiger partial charge in [0.2, 0.25) is 5.91 Å². The summed E-state index contributed by atoms with van der Waals surface area (Å²) >= 11 is 9.47. The summed E-state index contributed by atoms with van der Waals surface area (Å²) in [5.41, 5.74) is 0.934. The smallest absolute Gasteiger partial charge is 0.268 e. The number of rotatable bonds is 4. The van der Waals surface area contributed by atoms with Gasteiger partial charge >= 0.3 is 0 Å². The van der Waals surface area contributed by atoms with Crippen LogP contribution >= 0.6 is 27.5 Å². The first-order chi connectivity index (χ1) is 11.8. The second-order valence-electron chi connectivity index (χ2n) is 5.45. The number of amides is 1. The first-order valence-electron chi connectivity index (χ1n) is 7.35. The van der Waals surface area contributed by atoms with Gasteiger partial charge in [-0.15, -0.1) is 0 Å². The second kappa shape index (κ2) is 6.82. The highest BCUT2D eigenvalue weighted by Crippen LogP contribution is 2.32. The van der Waals surface area contributed by atoms with E-state index in [1.165, 1.54) is 23.0 Å². The zero-order valence-corrected chi connectivity index (χ0v) is 16.3. The van der Waals surface area contributed by atoms with Crippen molar-refractivity contribution in [2.24, 2.45) is 0 Å². The molecule has 3 aromatic rings. The van der Waals surface area contributed by atoms with Crippen LogP contribution in [0.25, 0.3) is 10.9 Å². The zero-order valence-electron chi connectivity index (χ0n) is 13.2. The van der Waals surface area contributed by atoms with Gasteiger partial charge in [0.1, 0.15) is 0 Å². The maximum Gasteiger partial charge on any atom is 0.268 e. The van der Waals surface area contributed by atoms with Crippen molar-refractivity contribution in [2.75, 3.05) is 0 Å². The summed E-state index contributed by atoms with van der Waals surface area (Å²) < 4.78 is 28.2. The molecule has 0 saturated carbocycles. The molecule has 0 spiro atoms. The molecule has 1 amide bonds. The van der Waals surface area contributed by atoms with E-state index in [1.54, 1.807) is 36.4 Å². The van der Waals surface area contributed by atoms with Gasteiger partial charge in [-0.2, -0.15) is 0 Å². The summed E-state index contributed by atoms with van der Waals surface area (Å²) in [6.07, 6.45) is 0. The Balaban J connectivity index is 2.28. The molecular formula is C17H14BrClN2O3S. The van der Waals surface area contributed by atoms with Crippen molar-refractivity contribution in [2.45, 2.75) is 18.4 Å². The minimum Gasteiger partial charge on any atom is -0.351 e. The number of hydrogen-bond donors (Lipinski definition) is 1. The summed E-state index contributed by atoms with van der Waals surface area (Å²) in [6, 6.07) is 13.2. The lowest BCUT2D eigenvalue weighted by atomic mass is 10.2. The highest BCUT2D eigenvalue weighted by Gasteiger charge is 2.23. The summed E-state index contributed by atoms with van der Waals surface area (Å²) in [7, 11) is -3.83. The molecule has 1 aromatic heterocycles. The van der Waals surface area contributed by atoms with Crippen molar-refractivity contribution in [3.8, 4) is 0 Å². The predicted octanol–water partition coefficient (Wildman–Crippen LogP) is 3.93. The molecule has 25 heavy (non-hydrogen) atoms. The third-order valence-corrected chi connectivity index (χ3v) is 6.65. The molecule has 130 valence electrons. The molecule has 0 bridgehead atoms. The van der Waals surface area contributed by atoms with E-state index < -0.39 is 10.0 Å². The van der Waals surface area contributed by atoms with Gasteiger partial charge in [0.25, 0.3) is 10.0 Å². The Morgan fingerprint density at radius 3 is 2.52 bits per heavy atom. The number of nitrogens with zero attached hydrogens (tertiary/aromatic N) is 1. The van der Waals surface area contributed by atoms with Gasteiger partial charge in [-0.3, -0.25) is 4.79 Å². The van der Waals surface area contributed by atoms with E-state index in [1.807, 2.05) is 0 Å². The Morgan fingerprint density at radius 2 is 1.88 bits per heavy atom. The lowest BCUT2D eigenvalue weighted by molar-refractivity contribution is -0.119. The van der Waals surface area contributed by atoms with E-state index >= 15 is 0 Å². The molecule has 0 unspecified atom stereocenters. The standard InChI is InChI=1S/C17H14BrClN2O3S/c1-11(22)20-10-13-7-12-8-16(19)15(18)9-17(12)21(13)25(23,24)14-5-3-2-4-6-14/h2-9H,10H2,1H3,(H,20,22). The molecule has 5 nitrogen and oxygen atoms in total. The van der Waals surface area contributed by atoms with Crippen LogP contribution in [0, 0.1) is 0 Å². The lowest BCUT2D eigenvalue weighted by Gasteiger charge is -2.12. The Bertz CT molecular complexity index is 1060. The van der Waals surface area contributed by atoms with Crippen LogP contribution < -0.4 is 5.32 Å². The molecule has 0 radical (unpaired) electrons. The molecule has 3 rings (SSSR count). The monoisotopic (exact) mass is 440 g/mol. The van der Waals surface area contributed by atoms with E-state index in [2.05, 4.69) is 21.2 Å². The maximum absolute atomic E-state index is 13.2. The largest absolute Gasteiger partial charge is 0.351 e. The second-order valence-corrected chi connectivity index (χ2v) is 8.50. The van der Waals surface area contributed by atoms with Crippen LogP contribution in [0.3, 0.4) is 0 Å². The molecule has 0 aliphatic rings. The minimum absolute atomic E-state index is 0.0886. The number of halogens is 2. The van der Waals surface area contributed by atoms with Crippen molar-refractivity contribution in [3.63, 3.8) is 0 Å². The van der Waals surface area contributed by atoms with Crippen LogP contribution in [-0.4, -0.2) is 18.3 Å². The third-order valence-electron chi connectivity index (χ3n) is 3.67.